The predicted molar refractivity (Wildman–Crippen MR) is 145 cm³/mol. The second-order valence-corrected chi connectivity index (χ2v) is 9.98. The van der Waals surface area contributed by atoms with Gasteiger partial charge in [0, 0.05) is 57.2 Å². The molecule has 2 aromatic carbocycles. The molecule has 7 nitrogen and oxygen atoms in total. The Bertz CT molecular complexity index is 1360. The Morgan fingerprint density at radius 2 is 1.70 bits per heavy atom. The van der Waals surface area contributed by atoms with E-state index in [1.54, 1.807) is 6.26 Å². The van der Waals surface area contributed by atoms with Gasteiger partial charge in [0.15, 0.2) is 5.78 Å². The van der Waals surface area contributed by atoms with Crippen LogP contribution in [-0.2, 0) is 13.0 Å². The van der Waals surface area contributed by atoms with Crippen LogP contribution in [0.4, 0.5) is 17.5 Å². The molecule has 1 atom stereocenters. The molecule has 6 rings (SSSR count). The zero-order chi connectivity index (χ0) is 25.2. The van der Waals surface area contributed by atoms with E-state index in [2.05, 4.69) is 64.5 Å². The molecule has 1 saturated heterocycles. The van der Waals surface area contributed by atoms with E-state index in [1.165, 1.54) is 11.1 Å². The molecule has 2 aromatic heterocycles. The molecule has 37 heavy (non-hydrogen) atoms. The van der Waals surface area contributed by atoms with Gasteiger partial charge in [-0.15, -0.1) is 0 Å². The average Bonchev–Trinajstić information content (AvgIpc) is 3.46. The molecule has 1 fully saturated rings. The van der Waals surface area contributed by atoms with Gasteiger partial charge in [0.1, 0.15) is 11.6 Å². The molecule has 0 amide bonds. The monoisotopic (exact) mass is 493 g/mol. The first kappa shape index (κ1) is 23.4. The molecular formula is C30H31N5O2. The Kier molecular flexibility index (Phi) is 6.45. The molecule has 0 spiro atoms. The molecule has 1 aliphatic heterocycles. The number of aromatic nitrogens is 2. The minimum Gasteiger partial charge on any atom is -0.469 e. The summed E-state index contributed by atoms with van der Waals surface area (Å²) in [6, 6.07) is 22.5. The number of carbonyl (C=O) groups is 1. The average molecular weight is 494 g/mol. The summed E-state index contributed by atoms with van der Waals surface area (Å²) in [6.07, 6.45) is 2.71. The van der Waals surface area contributed by atoms with Crippen molar-refractivity contribution in [3.8, 4) is 0 Å². The molecule has 2 aliphatic rings. The number of carbonyl (C=O) groups excluding carboxylic acids is 1. The summed E-state index contributed by atoms with van der Waals surface area (Å²) in [7, 11) is 0. The highest BCUT2D eigenvalue weighted by atomic mass is 16.3. The summed E-state index contributed by atoms with van der Waals surface area (Å²) in [4.78, 5) is 28.0. The Hall–Kier alpha value is -3.97. The lowest BCUT2D eigenvalue weighted by Gasteiger charge is -2.35. The highest BCUT2D eigenvalue weighted by Crippen LogP contribution is 2.36. The molecule has 3 heterocycles. The fourth-order valence-electron chi connectivity index (χ4n) is 5.24. The maximum absolute atomic E-state index is 13.4. The molecule has 0 bridgehead atoms. The number of hydrogen-bond donors (Lipinski definition) is 1. The van der Waals surface area contributed by atoms with Gasteiger partial charge in [-0.25, -0.2) is 4.98 Å². The second kappa shape index (κ2) is 10.2. The Morgan fingerprint density at radius 1 is 0.919 bits per heavy atom. The molecule has 1 N–H and O–H groups in total. The zero-order valence-corrected chi connectivity index (χ0v) is 21.1. The number of anilines is 3. The molecule has 4 aromatic rings. The number of rotatable bonds is 6. The fourth-order valence-corrected chi connectivity index (χ4v) is 5.24. The predicted octanol–water partition coefficient (Wildman–Crippen LogP) is 5.36. The van der Waals surface area contributed by atoms with E-state index in [1.807, 2.05) is 24.3 Å². The summed E-state index contributed by atoms with van der Waals surface area (Å²) >= 11 is 0. The Labute approximate surface area is 217 Å². The number of furan rings is 1. The van der Waals surface area contributed by atoms with Crippen LogP contribution in [0.25, 0.3) is 0 Å². The van der Waals surface area contributed by atoms with Crippen LogP contribution in [0.2, 0.25) is 0 Å². The number of Topliss-reactive ketones (excluding diaryl/α,β-unsaturated/α-hetero) is 1. The standard InChI is InChI=1S/C30H31N5O2/c1-21-9-11-24(12-10-21)31-29-28-25(18-23(19-26(28)36)27-8-5-17-37-27)32-30(33-29)35-15-13-34(14-16-35)20-22-6-3-2-4-7-22/h2-12,17,23H,13-16,18-20H2,1H3,(H,31,32,33). The van der Waals surface area contributed by atoms with Crippen LogP contribution < -0.4 is 10.2 Å². The smallest absolute Gasteiger partial charge is 0.227 e. The van der Waals surface area contributed by atoms with Crippen molar-refractivity contribution in [3.63, 3.8) is 0 Å². The van der Waals surface area contributed by atoms with Crippen LogP contribution >= 0.6 is 0 Å². The van der Waals surface area contributed by atoms with Gasteiger partial charge in [-0.3, -0.25) is 9.69 Å². The summed E-state index contributed by atoms with van der Waals surface area (Å²) in [5, 5.41) is 3.43. The molecule has 188 valence electrons. The molecule has 0 saturated carbocycles. The minimum atomic E-state index is -0.00676. The Balaban J connectivity index is 1.28. The van der Waals surface area contributed by atoms with Gasteiger partial charge >= 0.3 is 0 Å². The van der Waals surface area contributed by atoms with Gasteiger partial charge in [0.2, 0.25) is 5.95 Å². The summed E-state index contributed by atoms with van der Waals surface area (Å²) in [5.41, 5.74) is 4.82. The number of ketones is 1. The maximum Gasteiger partial charge on any atom is 0.227 e. The normalized spacial score (nSPS) is 18.0. The first-order valence-electron chi connectivity index (χ1n) is 12.9. The topological polar surface area (TPSA) is 74.5 Å². The van der Waals surface area contributed by atoms with Crippen LogP contribution in [0.15, 0.2) is 77.4 Å². The second-order valence-electron chi connectivity index (χ2n) is 9.98. The van der Waals surface area contributed by atoms with E-state index in [0.717, 1.165) is 49.9 Å². The van der Waals surface area contributed by atoms with Crippen LogP contribution in [0, 0.1) is 6.92 Å². The molecule has 1 unspecified atom stereocenters. The summed E-state index contributed by atoms with van der Waals surface area (Å²) < 4.78 is 5.65. The summed E-state index contributed by atoms with van der Waals surface area (Å²) in [5.74, 6) is 2.16. The van der Waals surface area contributed by atoms with E-state index in [0.29, 0.717) is 30.2 Å². The largest absolute Gasteiger partial charge is 0.469 e. The molecule has 1 aliphatic carbocycles. The van der Waals surface area contributed by atoms with Gasteiger partial charge in [0.05, 0.1) is 17.5 Å². The van der Waals surface area contributed by atoms with Crippen LogP contribution in [-0.4, -0.2) is 46.8 Å². The van der Waals surface area contributed by atoms with Crippen molar-refractivity contribution in [2.45, 2.75) is 32.2 Å². The number of benzene rings is 2. The third-order valence-electron chi connectivity index (χ3n) is 7.29. The van der Waals surface area contributed by atoms with Crippen LogP contribution in [0.1, 0.15) is 45.3 Å². The van der Waals surface area contributed by atoms with Gasteiger partial charge in [-0.2, -0.15) is 4.98 Å². The van der Waals surface area contributed by atoms with Crippen molar-refractivity contribution >= 4 is 23.2 Å². The van der Waals surface area contributed by atoms with Crippen molar-refractivity contribution in [2.75, 3.05) is 36.4 Å². The number of hydrogen-bond acceptors (Lipinski definition) is 7. The third-order valence-corrected chi connectivity index (χ3v) is 7.29. The third kappa shape index (κ3) is 5.13. The first-order valence-corrected chi connectivity index (χ1v) is 12.9. The fraction of sp³-hybridized carbons (Fsp3) is 0.300. The lowest BCUT2D eigenvalue weighted by Crippen LogP contribution is -2.46. The number of fused-ring (bicyclic) bond motifs is 1. The molecule has 7 heteroatoms. The molecule has 0 radical (unpaired) electrons. The van der Waals surface area contributed by atoms with Crippen molar-refractivity contribution in [1.82, 2.24) is 14.9 Å². The SMILES string of the molecule is Cc1ccc(Nc2nc(N3CCN(Cc4ccccc4)CC3)nc3c2C(=O)CC(c2ccco2)C3)cc1. The number of aryl methyl sites for hydroxylation is 1. The van der Waals surface area contributed by atoms with E-state index < -0.39 is 0 Å². The van der Waals surface area contributed by atoms with E-state index >= 15 is 0 Å². The Morgan fingerprint density at radius 3 is 2.43 bits per heavy atom. The van der Waals surface area contributed by atoms with Crippen LogP contribution in [0.3, 0.4) is 0 Å². The number of nitrogens with zero attached hydrogens (tertiary/aromatic N) is 4. The lowest BCUT2D eigenvalue weighted by atomic mass is 9.84. The van der Waals surface area contributed by atoms with Gasteiger partial charge in [-0.05, 0) is 36.8 Å². The quantitative estimate of drug-likeness (QED) is 0.388. The van der Waals surface area contributed by atoms with Gasteiger partial charge in [-0.1, -0.05) is 48.0 Å². The highest BCUT2D eigenvalue weighted by molar-refractivity contribution is 6.03. The van der Waals surface area contributed by atoms with Gasteiger partial charge < -0.3 is 14.6 Å². The van der Waals surface area contributed by atoms with Crippen molar-refractivity contribution in [2.24, 2.45) is 0 Å². The van der Waals surface area contributed by atoms with Crippen molar-refractivity contribution in [3.05, 3.63) is 101 Å². The first-order chi connectivity index (χ1) is 18.1. The maximum atomic E-state index is 13.4. The van der Waals surface area contributed by atoms with E-state index in [-0.39, 0.29) is 11.7 Å². The highest BCUT2D eigenvalue weighted by Gasteiger charge is 2.33. The van der Waals surface area contributed by atoms with E-state index in [9.17, 15) is 4.79 Å². The van der Waals surface area contributed by atoms with E-state index in [4.69, 9.17) is 14.4 Å². The number of piperazine rings is 1. The summed E-state index contributed by atoms with van der Waals surface area (Å²) in [6.45, 7) is 6.55. The van der Waals surface area contributed by atoms with Crippen molar-refractivity contribution in [1.29, 1.82) is 0 Å². The number of nitrogens with one attached hydrogen (secondary N) is 1. The zero-order valence-electron chi connectivity index (χ0n) is 21.1. The van der Waals surface area contributed by atoms with Crippen molar-refractivity contribution < 1.29 is 9.21 Å². The van der Waals surface area contributed by atoms with Gasteiger partial charge in [0.25, 0.3) is 0 Å². The molecular weight excluding hydrogens is 462 g/mol. The van der Waals surface area contributed by atoms with Crippen LogP contribution in [0.5, 0.6) is 0 Å². The lowest BCUT2D eigenvalue weighted by molar-refractivity contribution is 0.0959. The minimum absolute atomic E-state index is 0.00676.